The lowest BCUT2D eigenvalue weighted by Gasteiger charge is -2.39. The SMILES string of the molecule is CC(C)(C)OC(=O)N1CCN2C(NCCC3=CCCC3)=NCC2C1.I. The predicted octanol–water partition coefficient (Wildman–Crippen LogP) is 2.99. The Labute approximate surface area is 168 Å². The second kappa shape index (κ2) is 8.60. The highest BCUT2D eigenvalue weighted by Crippen LogP contribution is 2.21. The molecule has 7 heteroatoms. The molecule has 1 saturated heterocycles. The van der Waals surface area contributed by atoms with Gasteiger partial charge in [-0.1, -0.05) is 11.6 Å². The second-order valence-electron chi connectivity index (χ2n) is 7.87. The van der Waals surface area contributed by atoms with Gasteiger partial charge in [-0.3, -0.25) is 4.99 Å². The van der Waals surface area contributed by atoms with Crippen LogP contribution in [0.3, 0.4) is 0 Å². The molecule has 0 radical (unpaired) electrons. The fourth-order valence-corrected chi connectivity index (χ4v) is 3.52. The fraction of sp³-hybridized carbons (Fsp3) is 0.778. The van der Waals surface area contributed by atoms with E-state index >= 15 is 0 Å². The monoisotopic (exact) mass is 462 g/mol. The summed E-state index contributed by atoms with van der Waals surface area (Å²) in [5.74, 6) is 1.00. The van der Waals surface area contributed by atoms with Crippen molar-refractivity contribution in [1.29, 1.82) is 0 Å². The zero-order valence-electron chi connectivity index (χ0n) is 15.6. The van der Waals surface area contributed by atoms with E-state index < -0.39 is 5.60 Å². The van der Waals surface area contributed by atoms with Crippen LogP contribution in [0, 0.1) is 0 Å². The summed E-state index contributed by atoms with van der Waals surface area (Å²) < 4.78 is 5.48. The summed E-state index contributed by atoms with van der Waals surface area (Å²) in [6, 6.07) is 0.277. The Balaban J connectivity index is 0.00000225. The molecule has 1 fully saturated rings. The Morgan fingerprint density at radius 3 is 2.88 bits per heavy atom. The van der Waals surface area contributed by atoms with E-state index in [4.69, 9.17) is 4.74 Å². The third-order valence-electron chi connectivity index (χ3n) is 4.72. The normalized spacial score (nSPS) is 22.8. The van der Waals surface area contributed by atoms with E-state index in [2.05, 4.69) is 21.3 Å². The Bertz CT molecular complexity index is 542. The first kappa shape index (κ1) is 20.3. The summed E-state index contributed by atoms with van der Waals surface area (Å²) in [5.41, 5.74) is 1.13. The number of nitrogens with zero attached hydrogens (tertiary/aromatic N) is 3. The molecule has 2 heterocycles. The van der Waals surface area contributed by atoms with Gasteiger partial charge >= 0.3 is 6.09 Å². The van der Waals surface area contributed by atoms with Gasteiger partial charge in [-0.15, -0.1) is 24.0 Å². The smallest absolute Gasteiger partial charge is 0.410 e. The number of guanidine groups is 1. The van der Waals surface area contributed by atoms with Crippen LogP contribution in [0.5, 0.6) is 0 Å². The van der Waals surface area contributed by atoms with Gasteiger partial charge in [0.05, 0.1) is 12.6 Å². The van der Waals surface area contributed by atoms with E-state index in [1.54, 1.807) is 5.57 Å². The third kappa shape index (κ3) is 5.49. The Hall–Kier alpha value is -0.990. The van der Waals surface area contributed by atoms with Gasteiger partial charge in [0, 0.05) is 26.2 Å². The molecular weight excluding hydrogens is 431 g/mol. The number of fused-ring (bicyclic) bond motifs is 1. The minimum absolute atomic E-state index is 0. The van der Waals surface area contributed by atoms with Gasteiger partial charge in [0.25, 0.3) is 0 Å². The zero-order valence-corrected chi connectivity index (χ0v) is 17.9. The summed E-state index contributed by atoms with van der Waals surface area (Å²) >= 11 is 0. The first-order valence-corrected chi connectivity index (χ1v) is 9.13. The van der Waals surface area contributed by atoms with E-state index in [-0.39, 0.29) is 36.1 Å². The van der Waals surface area contributed by atoms with Crippen LogP contribution < -0.4 is 5.32 Å². The molecule has 0 spiro atoms. The number of allylic oxidation sites excluding steroid dienone is 1. The van der Waals surface area contributed by atoms with Crippen molar-refractivity contribution in [1.82, 2.24) is 15.1 Å². The Kier molecular flexibility index (Phi) is 6.99. The maximum atomic E-state index is 12.2. The first-order chi connectivity index (χ1) is 11.4. The van der Waals surface area contributed by atoms with Gasteiger partial charge in [0.1, 0.15) is 5.60 Å². The number of aliphatic imine (C=N–C) groups is 1. The van der Waals surface area contributed by atoms with Crippen LogP contribution in [-0.4, -0.2) is 66.2 Å². The number of carbonyl (C=O) groups is 1. The third-order valence-corrected chi connectivity index (χ3v) is 4.72. The maximum Gasteiger partial charge on any atom is 0.410 e. The average Bonchev–Trinajstić information content (AvgIpc) is 3.15. The lowest BCUT2D eigenvalue weighted by atomic mass is 10.1. The van der Waals surface area contributed by atoms with Crippen molar-refractivity contribution in [2.75, 3.05) is 32.7 Å². The van der Waals surface area contributed by atoms with Crippen molar-refractivity contribution in [3.63, 3.8) is 0 Å². The molecule has 0 aromatic rings. The molecule has 3 rings (SSSR count). The highest BCUT2D eigenvalue weighted by molar-refractivity contribution is 14.0. The number of hydrogen-bond acceptors (Lipinski definition) is 5. The molecule has 0 aromatic heterocycles. The summed E-state index contributed by atoms with van der Waals surface area (Å²) in [5, 5.41) is 3.49. The number of piperazine rings is 1. The van der Waals surface area contributed by atoms with Gasteiger partial charge in [0.2, 0.25) is 0 Å². The molecule has 142 valence electrons. The number of nitrogens with one attached hydrogen (secondary N) is 1. The molecule has 2 aliphatic heterocycles. The molecule has 0 bridgehead atoms. The molecule has 1 unspecified atom stereocenters. The van der Waals surface area contributed by atoms with Crippen molar-refractivity contribution < 1.29 is 9.53 Å². The Morgan fingerprint density at radius 1 is 1.40 bits per heavy atom. The van der Waals surface area contributed by atoms with Crippen LogP contribution in [0.15, 0.2) is 16.6 Å². The van der Waals surface area contributed by atoms with Crippen molar-refractivity contribution in [2.24, 2.45) is 4.99 Å². The topological polar surface area (TPSA) is 57.2 Å². The van der Waals surface area contributed by atoms with E-state index in [0.29, 0.717) is 13.1 Å². The quantitative estimate of drug-likeness (QED) is 0.518. The van der Waals surface area contributed by atoms with Crippen LogP contribution in [0.1, 0.15) is 46.5 Å². The molecule has 1 aliphatic carbocycles. The summed E-state index contributed by atoms with van der Waals surface area (Å²) in [4.78, 5) is 21.0. The molecule has 3 aliphatic rings. The van der Waals surface area contributed by atoms with Gasteiger partial charge in [-0.2, -0.15) is 0 Å². The van der Waals surface area contributed by atoms with Crippen LogP contribution in [0.2, 0.25) is 0 Å². The summed E-state index contributed by atoms with van der Waals surface area (Å²) in [6.45, 7) is 9.61. The molecule has 1 N–H and O–H groups in total. The summed E-state index contributed by atoms with van der Waals surface area (Å²) in [6.07, 6.45) is 7.08. The van der Waals surface area contributed by atoms with Crippen molar-refractivity contribution in [3.8, 4) is 0 Å². The van der Waals surface area contributed by atoms with Crippen molar-refractivity contribution in [3.05, 3.63) is 11.6 Å². The standard InChI is InChI=1S/C18H30N4O2.HI/c1-18(2,3)24-17(23)21-10-11-22-15(13-21)12-20-16(22)19-9-8-14-6-4-5-7-14;/h6,15H,4-5,7-13H2,1-3H3,(H,19,20);1H. The highest BCUT2D eigenvalue weighted by Gasteiger charge is 2.36. The number of halogens is 1. The largest absolute Gasteiger partial charge is 0.444 e. The highest BCUT2D eigenvalue weighted by atomic mass is 127. The van der Waals surface area contributed by atoms with Gasteiger partial charge in [-0.25, -0.2) is 4.79 Å². The maximum absolute atomic E-state index is 12.2. The van der Waals surface area contributed by atoms with E-state index in [0.717, 1.165) is 32.0 Å². The number of rotatable bonds is 3. The van der Waals surface area contributed by atoms with Crippen LogP contribution in [-0.2, 0) is 4.74 Å². The van der Waals surface area contributed by atoms with Crippen LogP contribution in [0.4, 0.5) is 4.79 Å². The average molecular weight is 462 g/mol. The number of amides is 1. The predicted molar refractivity (Wildman–Crippen MR) is 111 cm³/mol. The van der Waals surface area contributed by atoms with Gasteiger partial charge in [-0.05, 0) is 46.5 Å². The summed E-state index contributed by atoms with van der Waals surface area (Å²) in [7, 11) is 0. The lowest BCUT2D eigenvalue weighted by molar-refractivity contribution is 0.0137. The Morgan fingerprint density at radius 2 is 2.20 bits per heavy atom. The molecular formula is C18H31IN4O2. The van der Waals surface area contributed by atoms with Gasteiger partial charge < -0.3 is 19.9 Å². The van der Waals surface area contributed by atoms with Crippen LogP contribution in [0.25, 0.3) is 0 Å². The zero-order chi connectivity index (χ0) is 17.2. The number of hydrogen-bond donors (Lipinski definition) is 1. The fourth-order valence-electron chi connectivity index (χ4n) is 3.52. The molecule has 25 heavy (non-hydrogen) atoms. The molecule has 0 saturated carbocycles. The van der Waals surface area contributed by atoms with Gasteiger partial charge in [0.15, 0.2) is 5.96 Å². The van der Waals surface area contributed by atoms with E-state index in [9.17, 15) is 4.79 Å². The first-order valence-electron chi connectivity index (χ1n) is 9.13. The van der Waals surface area contributed by atoms with Crippen LogP contribution >= 0.6 is 24.0 Å². The molecule has 0 aromatic carbocycles. The van der Waals surface area contributed by atoms with Crippen molar-refractivity contribution in [2.45, 2.75) is 58.1 Å². The molecule has 1 amide bonds. The minimum atomic E-state index is -0.442. The number of carbonyl (C=O) groups excluding carboxylic acids is 1. The minimum Gasteiger partial charge on any atom is -0.444 e. The lowest BCUT2D eigenvalue weighted by Crippen LogP contribution is -2.57. The van der Waals surface area contributed by atoms with E-state index in [1.165, 1.54) is 19.3 Å². The van der Waals surface area contributed by atoms with Crippen molar-refractivity contribution >= 4 is 36.0 Å². The molecule has 6 nitrogen and oxygen atoms in total. The second-order valence-corrected chi connectivity index (χ2v) is 7.87. The molecule has 1 atom stereocenters. The number of ether oxygens (including phenoxy) is 1. The van der Waals surface area contributed by atoms with E-state index in [1.807, 2.05) is 25.7 Å².